The van der Waals surface area contributed by atoms with Crippen LogP contribution in [0.5, 0.6) is 0 Å². The SMILES string of the molecule is [2H]c1c([2H])c([2H])c(-c2c([2H])c([2H])c(-c3c([2H])c([2H])c([2H])c(-n4c5ccccc5c5cc(-c6ccc7c(c6)c6ccccc6n7-c6c([2H])c([2H])c([2H])c(-c7c([2H])c([2H])c(-c8c([2H])c([2H])c([2H])c([2H])c8[2H])c([2H])c7[2H])c6[2H])ccc54)c3[2H])c([2H])c2[2H])c([2H])c1[2H]. The summed E-state index contributed by atoms with van der Waals surface area (Å²) in [4.78, 5) is 0. The van der Waals surface area contributed by atoms with Gasteiger partial charge in [0, 0.05) is 32.9 Å². The van der Waals surface area contributed by atoms with E-state index in [0.717, 1.165) is 0 Å². The molecule has 2 heterocycles. The number of rotatable bonds is 7. The molecule has 0 N–H and O–H groups in total. The van der Waals surface area contributed by atoms with Crippen LogP contribution < -0.4 is 0 Å². The third-order valence-electron chi connectivity index (χ3n) is 10.6. The molecule has 0 spiro atoms. The molecule has 0 fully saturated rings. The molecule has 0 aliphatic carbocycles. The summed E-state index contributed by atoms with van der Waals surface area (Å²) in [5.74, 6) is 0. The van der Waals surface area contributed by atoms with Gasteiger partial charge in [0.1, 0.15) is 0 Å². The van der Waals surface area contributed by atoms with Gasteiger partial charge >= 0.3 is 0 Å². The van der Waals surface area contributed by atoms with Gasteiger partial charge in [-0.15, -0.1) is 0 Å². The van der Waals surface area contributed by atoms with Crippen molar-refractivity contribution in [3.63, 3.8) is 0 Å². The van der Waals surface area contributed by atoms with Gasteiger partial charge in [-0.05, 0) is 116 Å². The highest BCUT2D eigenvalue weighted by atomic mass is 15.0. The summed E-state index contributed by atoms with van der Waals surface area (Å²) in [7, 11) is 0. The van der Waals surface area contributed by atoms with Gasteiger partial charge in [-0.3, -0.25) is 0 Å². The van der Waals surface area contributed by atoms with Crippen LogP contribution >= 0.6 is 0 Å². The number of para-hydroxylation sites is 2. The fourth-order valence-electron chi connectivity index (χ4n) is 7.80. The Labute approximate surface area is 397 Å². The minimum Gasteiger partial charge on any atom is -0.309 e. The molecule has 0 aliphatic heterocycles. The second-order valence-electron chi connectivity index (χ2n) is 14.1. The lowest BCUT2D eigenvalue weighted by atomic mass is 10.00. The summed E-state index contributed by atoms with van der Waals surface area (Å²) in [6.45, 7) is 0. The molecule has 0 atom stereocenters. The van der Waals surface area contributed by atoms with Gasteiger partial charge in [0.2, 0.25) is 0 Å². The normalized spacial score (nSPS) is 17.4. The predicted octanol–water partition coefficient (Wildman–Crippen LogP) is 16.2. The van der Waals surface area contributed by atoms with Gasteiger partial charge in [-0.1, -0.05) is 181 Å². The third kappa shape index (κ3) is 6.12. The smallest absolute Gasteiger partial charge is 0.0651 e. The Morgan fingerprint density at radius 2 is 0.597 bits per heavy atom. The van der Waals surface area contributed by atoms with Gasteiger partial charge < -0.3 is 9.13 Å². The van der Waals surface area contributed by atoms with Crippen LogP contribution in [0.4, 0.5) is 0 Å². The average Bonchev–Trinajstić information content (AvgIpc) is 1.28. The molecule has 2 nitrogen and oxygen atoms in total. The van der Waals surface area contributed by atoms with E-state index in [4.69, 9.17) is 24.7 Å². The number of hydrogen-bond acceptors (Lipinski definition) is 0. The van der Waals surface area contributed by atoms with E-state index in [-0.39, 0.29) is 11.4 Å². The van der Waals surface area contributed by atoms with Crippen LogP contribution in [0, 0.1) is 0 Å². The minimum absolute atomic E-state index is 0.237. The van der Waals surface area contributed by atoms with Crippen LogP contribution in [-0.2, 0) is 0 Å². The quantitative estimate of drug-likeness (QED) is 0.152. The van der Waals surface area contributed by atoms with Crippen LogP contribution in [0.25, 0.3) is 111 Å². The molecule has 0 aliphatic rings. The average molecular weight is 815 g/mol. The molecule has 12 rings (SSSR count). The summed E-state index contributed by atoms with van der Waals surface area (Å²) < 4.78 is 233. The van der Waals surface area contributed by atoms with Crippen molar-refractivity contribution in [1.82, 2.24) is 9.13 Å². The predicted molar refractivity (Wildman–Crippen MR) is 262 cm³/mol. The van der Waals surface area contributed by atoms with Crippen molar-refractivity contribution < 1.29 is 35.6 Å². The van der Waals surface area contributed by atoms with Crippen LogP contribution in [0.2, 0.25) is 0 Å². The Bertz CT molecular complexity index is 4740. The van der Waals surface area contributed by atoms with Crippen LogP contribution in [-0.4, -0.2) is 9.13 Å². The van der Waals surface area contributed by atoms with Crippen molar-refractivity contribution in [2.45, 2.75) is 0 Å². The first-order valence-electron chi connectivity index (χ1n) is 32.2. The van der Waals surface area contributed by atoms with Crippen LogP contribution in [0.15, 0.2) is 242 Å². The van der Waals surface area contributed by atoms with Gasteiger partial charge in [0.25, 0.3) is 0 Å². The van der Waals surface area contributed by atoms with Crippen LogP contribution in [0.1, 0.15) is 35.6 Å². The fraction of sp³-hybridized carbons (Fsp3) is 0. The molecule has 10 aromatic carbocycles. The first-order chi connectivity index (χ1) is 41.6. The standard InChI is InChI=1S/C60H40N2/c1-3-13-41(14-4-1)43-25-29-45(30-26-43)47-17-11-19-51(37-47)61-57-23-9-7-21-53(57)55-39-49(33-35-59(55)61)50-34-36-60-56(40-50)54-22-8-10-24-58(54)62(60)52-20-12-18-48(38-52)46-31-27-44(28-32-46)42-15-5-2-6-16-42/h1-40H/i1D,2D,3D,4D,5D,6D,11D,12D,13D,14D,15D,16D,17D,18D,19D,20D,25D,26D,27D,28D,29D,30D,31D,32D,37D,38D. The minimum atomic E-state index is -0.831. The van der Waals surface area contributed by atoms with Crippen molar-refractivity contribution in [3.05, 3.63) is 242 Å². The molecule has 2 heteroatoms. The van der Waals surface area contributed by atoms with Crippen molar-refractivity contribution >= 4 is 43.6 Å². The summed E-state index contributed by atoms with van der Waals surface area (Å²) in [6, 6.07) is 5.18. The van der Waals surface area contributed by atoms with E-state index in [1.807, 2.05) is 12.1 Å². The molecular formula is C60H40N2. The van der Waals surface area contributed by atoms with Crippen molar-refractivity contribution in [2.24, 2.45) is 0 Å². The molecule has 0 bridgehead atoms. The molecular weight excluding hydrogens is 749 g/mol. The van der Waals surface area contributed by atoms with E-state index in [1.165, 1.54) is 0 Å². The number of benzene rings is 10. The third-order valence-corrected chi connectivity index (χ3v) is 10.6. The molecule has 290 valence electrons. The maximum atomic E-state index is 9.71. The Hall–Kier alpha value is -8.20. The first-order valence-corrected chi connectivity index (χ1v) is 19.2. The number of fused-ring (bicyclic) bond motifs is 6. The molecule has 2 aromatic heterocycles. The zero-order valence-corrected chi connectivity index (χ0v) is 32.0. The zero-order chi connectivity index (χ0) is 63.6. The topological polar surface area (TPSA) is 9.86 Å². The van der Waals surface area contributed by atoms with Crippen molar-refractivity contribution in [3.8, 4) is 67.0 Å². The lowest BCUT2D eigenvalue weighted by molar-refractivity contribution is 1.18. The summed E-state index contributed by atoms with van der Waals surface area (Å²) >= 11 is 0. The maximum Gasteiger partial charge on any atom is 0.0651 e. The Kier molecular flexibility index (Phi) is 4.35. The van der Waals surface area contributed by atoms with Crippen LogP contribution in [0.3, 0.4) is 0 Å². The molecule has 0 saturated heterocycles. The number of hydrogen-bond donors (Lipinski definition) is 0. The highest BCUT2D eigenvalue weighted by Gasteiger charge is 2.17. The second-order valence-corrected chi connectivity index (χ2v) is 14.1. The maximum absolute atomic E-state index is 9.71. The van der Waals surface area contributed by atoms with E-state index in [9.17, 15) is 11.0 Å². The van der Waals surface area contributed by atoms with Gasteiger partial charge in [-0.2, -0.15) is 0 Å². The zero-order valence-electron chi connectivity index (χ0n) is 58.0. The number of aromatic nitrogens is 2. The largest absolute Gasteiger partial charge is 0.309 e. The highest BCUT2D eigenvalue weighted by Crippen LogP contribution is 2.39. The van der Waals surface area contributed by atoms with E-state index in [1.54, 1.807) is 81.9 Å². The summed E-state index contributed by atoms with van der Waals surface area (Å²) in [5, 5.41) is 2.40. The Morgan fingerprint density at radius 3 is 1.02 bits per heavy atom. The lowest BCUT2D eigenvalue weighted by Gasteiger charge is -2.12. The van der Waals surface area contributed by atoms with E-state index >= 15 is 0 Å². The van der Waals surface area contributed by atoms with Crippen molar-refractivity contribution in [2.75, 3.05) is 0 Å². The van der Waals surface area contributed by atoms with Gasteiger partial charge in [0.15, 0.2) is 0 Å². The molecule has 62 heavy (non-hydrogen) atoms. The number of nitrogens with zero attached hydrogens (tertiary/aromatic N) is 2. The summed E-state index contributed by atoms with van der Waals surface area (Å²) in [6.07, 6.45) is 0. The highest BCUT2D eigenvalue weighted by molar-refractivity contribution is 6.12. The monoisotopic (exact) mass is 814 g/mol. The summed E-state index contributed by atoms with van der Waals surface area (Å²) in [5.41, 5.74) is -2.07. The Balaban J connectivity index is 1.02. The lowest BCUT2D eigenvalue weighted by Crippen LogP contribution is -1.94. The van der Waals surface area contributed by atoms with E-state index in [2.05, 4.69) is 0 Å². The van der Waals surface area contributed by atoms with Gasteiger partial charge in [0.05, 0.1) is 57.7 Å². The first kappa shape index (κ1) is 18.2. The van der Waals surface area contributed by atoms with E-state index < -0.39 is 202 Å². The molecule has 0 amide bonds. The fourth-order valence-corrected chi connectivity index (χ4v) is 7.80. The molecule has 12 aromatic rings. The second kappa shape index (κ2) is 14.8. The van der Waals surface area contributed by atoms with Gasteiger partial charge in [-0.25, -0.2) is 0 Å². The Morgan fingerprint density at radius 1 is 0.258 bits per heavy atom. The molecule has 0 saturated carbocycles. The molecule has 0 unspecified atom stereocenters. The molecule has 0 radical (unpaired) electrons. The van der Waals surface area contributed by atoms with Crippen molar-refractivity contribution in [1.29, 1.82) is 0 Å². The van der Waals surface area contributed by atoms with E-state index in [0.29, 0.717) is 54.7 Å².